The van der Waals surface area contributed by atoms with Crippen LogP contribution in [0.2, 0.25) is 0 Å². The molecule has 1 aliphatic heterocycles. The van der Waals surface area contributed by atoms with Gasteiger partial charge in [0.15, 0.2) is 0 Å². The van der Waals surface area contributed by atoms with Gasteiger partial charge < -0.3 is 0 Å². The second-order valence-corrected chi connectivity index (χ2v) is 5.47. The summed E-state index contributed by atoms with van der Waals surface area (Å²) in [6.45, 7) is 6.06. The third-order valence-corrected chi connectivity index (χ3v) is 3.68. The van der Waals surface area contributed by atoms with E-state index < -0.39 is 11.7 Å². The molecule has 3 rings (SSSR count). The first-order valence-corrected chi connectivity index (χ1v) is 6.87. The Hall–Kier alpha value is -2.49. The van der Waals surface area contributed by atoms with Crippen LogP contribution in [-0.4, -0.2) is 16.7 Å². The molecule has 1 amide bonds. The molecule has 0 aliphatic carbocycles. The van der Waals surface area contributed by atoms with E-state index in [0.717, 1.165) is 22.5 Å². The van der Waals surface area contributed by atoms with Gasteiger partial charge in [-0.15, -0.1) is 0 Å². The van der Waals surface area contributed by atoms with Crippen LogP contribution in [0.1, 0.15) is 32.9 Å². The number of hydrogen-bond acceptors (Lipinski definition) is 3. The van der Waals surface area contributed by atoms with Gasteiger partial charge in [0.25, 0.3) is 11.7 Å². The second-order valence-electron chi connectivity index (χ2n) is 5.47. The summed E-state index contributed by atoms with van der Waals surface area (Å²) in [5, 5.41) is 0. The van der Waals surface area contributed by atoms with Crippen molar-refractivity contribution in [2.24, 2.45) is 0 Å². The number of anilines is 1. The minimum atomic E-state index is -0.470. The lowest BCUT2D eigenvalue weighted by Gasteiger charge is -2.17. The highest BCUT2D eigenvalue weighted by molar-refractivity contribution is 6.52. The van der Waals surface area contributed by atoms with Crippen molar-refractivity contribution < 1.29 is 9.59 Å². The van der Waals surface area contributed by atoms with Crippen LogP contribution in [-0.2, 0) is 11.3 Å². The van der Waals surface area contributed by atoms with E-state index in [4.69, 9.17) is 0 Å². The maximum absolute atomic E-state index is 12.3. The minimum absolute atomic E-state index is 0.322. The highest BCUT2D eigenvalue weighted by atomic mass is 16.2. The van der Waals surface area contributed by atoms with Crippen LogP contribution >= 0.6 is 0 Å². The standard InChI is InChI=1S/C17H16N2O2/c1-10-7-11(2)15-14(8-10)19(17(21)16(15)20)9-13-6-4-5-12(3)18-13/h4-8H,9H2,1-3H3. The molecule has 0 saturated carbocycles. The fourth-order valence-electron chi connectivity index (χ4n) is 2.80. The van der Waals surface area contributed by atoms with Crippen molar-refractivity contribution in [3.63, 3.8) is 0 Å². The number of benzene rings is 1. The van der Waals surface area contributed by atoms with E-state index in [-0.39, 0.29) is 0 Å². The molecule has 4 heteroatoms. The lowest BCUT2D eigenvalue weighted by molar-refractivity contribution is -0.114. The van der Waals surface area contributed by atoms with Crippen molar-refractivity contribution in [1.29, 1.82) is 0 Å². The Kier molecular flexibility index (Phi) is 3.09. The number of fused-ring (bicyclic) bond motifs is 1. The van der Waals surface area contributed by atoms with E-state index in [1.807, 2.05) is 51.1 Å². The second kappa shape index (κ2) is 4.81. The van der Waals surface area contributed by atoms with Gasteiger partial charge in [-0.25, -0.2) is 0 Å². The Bertz CT molecular complexity index is 765. The fourth-order valence-corrected chi connectivity index (χ4v) is 2.80. The number of nitrogens with zero attached hydrogens (tertiary/aromatic N) is 2. The summed E-state index contributed by atoms with van der Waals surface area (Å²) < 4.78 is 0. The average molecular weight is 280 g/mol. The van der Waals surface area contributed by atoms with Crippen molar-refractivity contribution in [3.8, 4) is 0 Å². The van der Waals surface area contributed by atoms with Crippen LogP contribution in [0.25, 0.3) is 0 Å². The van der Waals surface area contributed by atoms with E-state index in [2.05, 4.69) is 4.98 Å². The molecule has 0 unspecified atom stereocenters. The number of carbonyl (C=O) groups is 2. The molecular weight excluding hydrogens is 264 g/mol. The molecule has 2 heterocycles. The van der Waals surface area contributed by atoms with Crippen LogP contribution in [0, 0.1) is 20.8 Å². The van der Waals surface area contributed by atoms with Crippen molar-refractivity contribution in [2.75, 3.05) is 4.90 Å². The summed E-state index contributed by atoms with van der Waals surface area (Å²) in [4.78, 5) is 30.4. The number of amides is 1. The molecular formula is C17H16N2O2. The van der Waals surface area contributed by atoms with Gasteiger partial charge in [0.1, 0.15) is 0 Å². The van der Waals surface area contributed by atoms with Crippen LogP contribution < -0.4 is 4.90 Å². The third-order valence-electron chi connectivity index (χ3n) is 3.68. The van der Waals surface area contributed by atoms with Gasteiger partial charge in [-0.1, -0.05) is 12.1 Å². The van der Waals surface area contributed by atoms with Crippen LogP contribution in [0.15, 0.2) is 30.3 Å². The number of Topliss-reactive ketones (excluding diaryl/α,β-unsaturated/α-hetero) is 1. The van der Waals surface area contributed by atoms with Crippen LogP contribution in [0.4, 0.5) is 5.69 Å². The summed E-state index contributed by atoms with van der Waals surface area (Å²) in [5.41, 5.74) is 4.79. The molecule has 1 aliphatic rings. The molecule has 0 N–H and O–H groups in total. The molecule has 0 spiro atoms. The number of hydrogen-bond donors (Lipinski definition) is 0. The summed E-state index contributed by atoms with van der Waals surface area (Å²) in [6, 6.07) is 9.50. The van der Waals surface area contributed by atoms with Gasteiger partial charge in [0.05, 0.1) is 23.5 Å². The molecule has 0 saturated heterocycles. The Morgan fingerprint density at radius 2 is 1.86 bits per heavy atom. The molecule has 0 bridgehead atoms. The Morgan fingerprint density at radius 1 is 1.10 bits per heavy atom. The number of rotatable bonds is 2. The van der Waals surface area contributed by atoms with Gasteiger partial charge >= 0.3 is 0 Å². The average Bonchev–Trinajstić information content (AvgIpc) is 2.64. The first-order chi connectivity index (χ1) is 9.97. The number of ketones is 1. The number of aromatic nitrogens is 1. The van der Waals surface area contributed by atoms with E-state index in [0.29, 0.717) is 17.8 Å². The minimum Gasteiger partial charge on any atom is -0.299 e. The summed E-state index contributed by atoms with van der Waals surface area (Å²) in [6.07, 6.45) is 0. The first-order valence-electron chi connectivity index (χ1n) is 6.87. The normalized spacial score (nSPS) is 13.8. The predicted octanol–water partition coefficient (Wildman–Crippen LogP) is 2.74. The molecule has 0 radical (unpaired) electrons. The maximum Gasteiger partial charge on any atom is 0.299 e. The molecule has 2 aromatic rings. The molecule has 106 valence electrons. The highest BCUT2D eigenvalue weighted by Crippen LogP contribution is 2.33. The molecule has 1 aromatic heterocycles. The lowest BCUT2D eigenvalue weighted by atomic mass is 10.0. The zero-order chi connectivity index (χ0) is 15.1. The van der Waals surface area contributed by atoms with E-state index in [9.17, 15) is 9.59 Å². The monoisotopic (exact) mass is 280 g/mol. The van der Waals surface area contributed by atoms with E-state index in [1.165, 1.54) is 4.90 Å². The van der Waals surface area contributed by atoms with Crippen LogP contribution in [0.5, 0.6) is 0 Å². The van der Waals surface area contributed by atoms with Gasteiger partial charge in [-0.2, -0.15) is 0 Å². The van der Waals surface area contributed by atoms with Gasteiger partial charge in [0, 0.05) is 5.69 Å². The highest BCUT2D eigenvalue weighted by Gasteiger charge is 2.37. The zero-order valence-electron chi connectivity index (χ0n) is 12.3. The van der Waals surface area contributed by atoms with Gasteiger partial charge in [-0.3, -0.25) is 19.5 Å². The van der Waals surface area contributed by atoms with Crippen molar-refractivity contribution in [1.82, 2.24) is 4.98 Å². The SMILES string of the molecule is Cc1cc(C)c2c(c1)N(Cc1cccc(C)n1)C(=O)C2=O. The Morgan fingerprint density at radius 3 is 2.57 bits per heavy atom. The Balaban J connectivity index is 2.05. The quantitative estimate of drug-likeness (QED) is 0.795. The molecule has 1 aromatic carbocycles. The fraction of sp³-hybridized carbons (Fsp3) is 0.235. The summed E-state index contributed by atoms with van der Waals surface area (Å²) in [7, 11) is 0. The predicted molar refractivity (Wildman–Crippen MR) is 80.4 cm³/mol. The molecule has 0 atom stereocenters. The van der Waals surface area contributed by atoms with Gasteiger partial charge in [0.2, 0.25) is 0 Å². The number of carbonyl (C=O) groups excluding carboxylic acids is 2. The summed E-state index contributed by atoms with van der Waals surface area (Å²) in [5.74, 6) is -0.892. The van der Waals surface area contributed by atoms with E-state index >= 15 is 0 Å². The Labute approximate surface area is 123 Å². The van der Waals surface area contributed by atoms with Crippen LogP contribution in [0.3, 0.4) is 0 Å². The molecule has 0 fully saturated rings. The van der Waals surface area contributed by atoms with Crippen molar-refractivity contribution >= 4 is 17.4 Å². The van der Waals surface area contributed by atoms with Crippen molar-refractivity contribution in [2.45, 2.75) is 27.3 Å². The number of aryl methyl sites for hydroxylation is 3. The molecule has 4 nitrogen and oxygen atoms in total. The zero-order valence-corrected chi connectivity index (χ0v) is 12.3. The van der Waals surface area contributed by atoms with E-state index in [1.54, 1.807) is 0 Å². The smallest absolute Gasteiger partial charge is 0.299 e. The summed E-state index contributed by atoms with van der Waals surface area (Å²) >= 11 is 0. The molecule has 21 heavy (non-hydrogen) atoms. The van der Waals surface area contributed by atoms with Crippen molar-refractivity contribution in [3.05, 3.63) is 58.4 Å². The third kappa shape index (κ3) is 2.23. The topological polar surface area (TPSA) is 50.3 Å². The lowest BCUT2D eigenvalue weighted by Crippen LogP contribution is -2.29. The first kappa shape index (κ1) is 13.5. The maximum atomic E-state index is 12.3. The number of pyridine rings is 1. The van der Waals surface area contributed by atoms with Gasteiger partial charge in [-0.05, 0) is 50.1 Å². The largest absolute Gasteiger partial charge is 0.299 e.